The number of carbonyl (C=O) groups excluding carboxylic acids is 1. The molecule has 4 nitrogen and oxygen atoms in total. The van der Waals surface area contributed by atoms with Gasteiger partial charge in [-0.25, -0.2) is 4.98 Å². The summed E-state index contributed by atoms with van der Waals surface area (Å²) >= 11 is 3.61. The molecule has 2 heterocycles. The SMILES string of the molecule is Cc1cccc(-c2cc(C(=O)N3CCN(C45CC6CC(CC(C6)C4)C5)CC3)c3cc(Br)ccc3n2)c1. The Balaban J connectivity index is 1.17. The summed E-state index contributed by atoms with van der Waals surface area (Å²) in [6, 6.07) is 16.5. The highest BCUT2D eigenvalue weighted by molar-refractivity contribution is 9.10. The molecule has 1 aliphatic heterocycles. The molecule has 5 heteroatoms. The largest absolute Gasteiger partial charge is 0.336 e. The number of amides is 1. The molecule has 1 saturated heterocycles. The Hall–Kier alpha value is -2.24. The second-order valence-electron chi connectivity index (χ2n) is 12.0. The molecular formula is C31H34BrN3O. The second kappa shape index (κ2) is 8.66. The van der Waals surface area contributed by atoms with Crippen molar-refractivity contribution in [2.45, 2.75) is 51.0 Å². The number of benzene rings is 2. The molecule has 4 bridgehead atoms. The summed E-state index contributed by atoms with van der Waals surface area (Å²) in [5, 5.41) is 0.925. The molecule has 186 valence electrons. The number of piperazine rings is 1. The Morgan fingerprint density at radius 1 is 0.917 bits per heavy atom. The maximum absolute atomic E-state index is 14.0. The van der Waals surface area contributed by atoms with E-state index in [0.717, 1.165) is 76.1 Å². The molecule has 0 N–H and O–H groups in total. The van der Waals surface area contributed by atoms with Gasteiger partial charge < -0.3 is 4.90 Å². The fourth-order valence-electron chi connectivity index (χ4n) is 8.33. The van der Waals surface area contributed by atoms with Gasteiger partial charge in [0.25, 0.3) is 5.91 Å². The lowest BCUT2D eigenvalue weighted by atomic mass is 9.52. The number of aromatic nitrogens is 1. The van der Waals surface area contributed by atoms with E-state index < -0.39 is 0 Å². The van der Waals surface area contributed by atoms with Crippen molar-refractivity contribution in [3.05, 3.63) is 64.1 Å². The molecule has 5 fully saturated rings. The summed E-state index contributed by atoms with van der Waals surface area (Å²) in [5.41, 5.74) is 5.17. The Labute approximate surface area is 222 Å². The second-order valence-corrected chi connectivity index (χ2v) is 12.9. The maximum atomic E-state index is 14.0. The maximum Gasteiger partial charge on any atom is 0.254 e. The number of carbonyl (C=O) groups is 1. The quantitative estimate of drug-likeness (QED) is 0.368. The monoisotopic (exact) mass is 543 g/mol. The van der Waals surface area contributed by atoms with Crippen LogP contribution >= 0.6 is 15.9 Å². The smallest absolute Gasteiger partial charge is 0.254 e. The van der Waals surface area contributed by atoms with Crippen LogP contribution in [0.2, 0.25) is 0 Å². The number of rotatable bonds is 3. The van der Waals surface area contributed by atoms with E-state index >= 15 is 0 Å². The van der Waals surface area contributed by atoms with Gasteiger partial charge in [-0.3, -0.25) is 9.69 Å². The minimum Gasteiger partial charge on any atom is -0.336 e. The minimum absolute atomic E-state index is 0.138. The third kappa shape index (κ3) is 3.90. The van der Waals surface area contributed by atoms with Gasteiger partial charge in [0.05, 0.1) is 16.8 Å². The van der Waals surface area contributed by atoms with Crippen LogP contribution in [0.4, 0.5) is 0 Å². The molecule has 1 amide bonds. The highest BCUT2D eigenvalue weighted by atomic mass is 79.9. The van der Waals surface area contributed by atoms with Crippen molar-refractivity contribution in [2.24, 2.45) is 17.8 Å². The predicted octanol–water partition coefficient (Wildman–Crippen LogP) is 6.70. The first kappa shape index (κ1) is 22.9. The number of hydrogen-bond acceptors (Lipinski definition) is 3. The fourth-order valence-corrected chi connectivity index (χ4v) is 8.69. The first-order valence-electron chi connectivity index (χ1n) is 13.7. The van der Waals surface area contributed by atoms with E-state index in [-0.39, 0.29) is 5.91 Å². The van der Waals surface area contributed by atoms with Gasteiger partial charge in [-0.15, -0.1) is 0 Å². The van der Waals surface area contributed by atoms with Crippen molar-refractivity contribution in [1.29, 1.82) is 0 Å². The van der Waals surface area contributed by atoms with Crippen molar-refractivity contribution < 1.29 is 4.79 Å². The average molecular weight is 545 g/mol. The Morgan fingerprint density at radius 2 is 1.61 bits per heavy atom. The summed E-state index contributed by atoms with van der Waals surface area (Å²) in [6.07, 6.45) is 8.63. The van der Waals surface area contributed by atoms with Crippen molar-refractivity contribution >= 4 is 32.7 Å². The van der Waals surface area contributed by atoms with E-state index in [2.05, 4.69) is 56.9 Å². The Bertz CT molecular complexity index is 1310. The van der Waals surface area contributed by atoms with Gasteiger partial charge in [0.1, 0.15) is 0 Å². The van der Waals surface area contributed by atoms with E-state index in [1.165, 1.54) is 44.1 Å². The van der Waals surface area contributed by atoms with Gasteiger partial charge >= 0.3 is 0 Å². The molecule has 2 aromatic carbocycles. The number of nitrogens with zero attached hydrogens (tertiary/aromatic N) is 3. The van der Waals surface area contributed by atoms with Gasteiger partial charge in [-0.2, -0.15) is 0 Å². The third-order valence-electron chi connectivity index (χ3n) is 9.56. The summed E-state index contributed by atoms with van der Waals surface area (Å²) < 4.78 is 0.973. The molecule has 5 aliphatic rings. The summed E-state index contributed by atoms with van der Waals surface area (Å²) in [7, 11) is 0. The molecule has 0 spiro atoms. The minimum atomic E-state index is 0.138. The van der Waals surface area contributed by atoms with Crippen LogP contribution in [0.25, 0.3) is 22.2 Å². The van der Waals surface area contributed by atoms with E-state index in [0.29, 0.717) is 5.54 Å². The van der Waals surface area contributed by atoms with Crippen LogP contribution in [0.15, 0.2) is 53.0 Å². The van der Waals surface area contributed by atoms with E-state index in [9.17, 15) is 4.79 Å². The van der Waals surface area contributed by atoms with Crippen LogP contribution in [-0.4, -0.2) is 52.4 Å². The van der Waals surface area contributed by atoms with Crippen LogP contribution in [0, 0.1) is 24.7 Å². The van der Waals surface area contributed by atoms with Crippen molar-refractivity contribution in [3.8, 4) is 11.3 Å². The normalized spacial score (nSPS) is 29.7. The first-order valence-corrected chi connectivity index (χ1v) is 14.5. The zero-order valence-electron chi connectivity index (χ0n) is 21.0. The van der Waals surface area contributed by atoms with Gasteiger partial charge in [0, 0.05) is 47.1 Å². The molecule has 8 rings (SSSR count). The predicted molar refractivity (Wildman–Crippen MR) is 148 cm³/mol. The van der Waals surface area contributed by atoms with Crippen LogP contribution in [0.1, 0.15) is 54.4 Å². The Morgan fingerprint density at radius 3 is 2.28 bits per heavy atom. The molecule has 36 heavy (non-hydrogen) atoms. The van der Waals surface area contributed by atoms with Crippen LogP contribution in [0.5, 0.6) is 0 Å². The molecule has 4 aliphatic carbocycles. The van der Waals surface area contributed by atoms with E-state index in [4.69, 9.17) is 4.98 Å². The zero-order chi connectivity index (χ0) is 24.4. The van der Waals surface area contributed by atoms with Gasteiger partial charge in [-0.1, -0.05) is 39.7 Å². The summed E-state index contributed by atoms with van der Waals surface area (Å²) in [4.78, 5) is 23.8. The van der Waals surface area contributed by atoms with Crippen LogP contribution in [-0.2, 0) is 0 Å². The Kier molecular flexibility index (Phi) is 5.52. The lowest BCUT2D eigenvalue weighted by Crippen LogP contribution is -2.64. The average Bonchev–Trinajstić information content (AvgIpc) is 2.87. The highest BCUT2D eigenvalue weighted by Crippen LogP contribution is 2.57. The van der Waals surface area contributed by atoms with Crippen molar-refractivity contribution in [1.82, 2.24) is 14.8 Å². The topological polar surface area (TPSA) is 36.4 Å². The van der Waals surface area contributed by atoms with Gasteiger partial charge in [-0.05, 0) is 93.5 Å². The molecule has 0 unspecified atom stereocenters. The van der Waals surface area contributed by atoms with Gasteiger partial charge in [0.15, 0.2) is 0 Å². The number of fused-ring (bicyclic) bond motifs is 1. The molecule has 1 aromatic heterocycles. The van der Waals surface area contributed by atoms with Crippen molar-refractivity contribution in [3.63, 3.8) is 0 Å². The third-order valence-corrected chi connectivity index (χ3v) is 10.1. The number of hydrogen-bond donors (Lipinski definition) is 0. The molecule has 4 saturated carbocycles. The summed E-state index contributed by atoms with van der Waals surface area (Å²) in [5.74, 6) is 3.01. The molecule has 0 atom stereocenters. The lowest BCUT2D eigenvalue weighted by molar-refractivity contribution is -0.0987. The zero-order valence-corrected chi connectivity index (χ0v) is 22.6. The molecular weight excluding hydrogens is 510 g/mol. The number of halogens is 1. The summed E-state index contributed by atoms with van der Waals surface area (Å²) in [6.45, 7) is 5.75. The highest BCUT2D eigenvalue weighted by Gasteiger charge is 2.53. The number of aryl methyl sites for hydroxylation is 1. The lowest BCUT2D eigenvalue weighted by Gasteiger charge is -2.61. The molecule has 0 radical (unpaired) electrons. The standard InChI is InChI=1S/C31H34BrN3O/c1-20-3-2-4-24(11-20)29-16-27(26-15-25(32)5-6-28(26)33-29)30(36)34-7-9-35(10-8-34)31-17-21-12-22(18-31)14-23(13-21)19-31/h2-6,11,15-16,21-23H,7-10,12-14,17-19H2,1H3. The first-order chi connectivity index (χ1) is 17.5. The van der Waals surface area contributed by atoms with Crippen molar-refractivity contribution in [2.75, 3.05) is 26.2 Å². The van der Waals surface area contributed by atoms with Crippen LogP contribution < -0.4 is 0 Å². The van der Waals surface area contributed by atoms with E-state index in [1.807, 2.05) is 24.3 Å². The van der Waals surface area contributed by atoms with Crippen LogP contribution in [0.3, 0.4) is 0 Å². The number of pyridine rings is 1. The fraction of sp³-hybridized carbons (Fsp3) is 0.484. The van der Waals surface area contributed by atoms with E-state index in [1.54, 1.807) is 0 Å². The van der Waals surface area contributed by atoms with Gasteiger partial charge in [0.2, 0.25) is 0 Å². The molecule has 3 aromatic rings.